The number of carbonyl (C=O) groups excluding carboxylic acids is 1. The number of aryl methyl sites for hydroxylation is 2. The van der Waals surface area contributed by atoms with Gasteiger partial charge in [0.1, 0.15) is 0 Å². The Balaban J connectivity index is 1.43. The number of benzene rings is 1. The van der Waals surface area contributed by atoms with Crippen molar-refractivity contribution in [1.82, 2.24) is 15.2 Å². The lowest BCUT2D eigenvalue weighted by Crippen LogP contribution is -2.42. The van der Waals surface area contributed by atoms with Crippen LogP contribution in [0.1, 0.15) is 40.7 Å². The van der Waals surface area contributed by atoms with Crippen LogP contribution in [0.15, 0.2) is 36.7 Å². The van der Waals surface area contributed by atoms with Crippen LogP contribution in [0, 0.1) is 0 Å². The van der Waals surface area contributed by atoms with E-state index in [1.54, 1.807) is 12.4 Å². The third-order valence-electron chi connectivity index (χ3n) is 5.13. The zero-order chi connectivity index (χ0) is 16.4. The second kappa shape index (κ2) is 6.63. The molecule has 0 spiro atoms. The lowest BCUT2D eigenvalue weighted by Gasteiger charge is -2.31. The van der Waals surface area contributed by atoms with E-state index in [0.29, 0.717) is 6.54 Å². The SMILES string of the molecule is O=C(NCc1cccnc1)N1CCc2cc3c(cc2C1)CCCC3. The predicted molar refractivity (Wildman–Crippen MR) is 93.7 cm³/mol. The molecular weight excluding hydrogens is 298 g/mol. The topological polar surface area (TPSA) is 45.2 Å². The molecule has 24 heavy (non-hydrogen) atoms. The first-order valence-corrected chi connectivity index (χ1v) is 8.85. The van der Waals surface area contributed by atoms with Crippen LogP contribution >= 0.6 is 0 Å². The Labute approximate surface area is 142 Å². The summed E-state index contributed by atoms with van der Waals surface area (Å²) in [6, 6.07) is 8.63. The quantitative estimate of drug-likeness (QED) is 0.923. The monoisotopic (exact) mass is 321 g/mol. The first-order chi connectivity index (χ1) is 11.8. The van der Waals surface area contributed by atoms with E-state index in [-0.39, 0.29) is 6.03 Å². The van der Waals surface area contributed by atoms with Gasteiger partial charge in [-0.25, -0.2) is 4.79 Å². The molecule has 0 saturated heterocycles. The molecule has 2 aromatic rings. The van der Waals surface area contributed by atoms with Crippen LogP contribution in [-0.2, 0) is 32.4 Å². The molecule has 2 heterocycles. The average Bonchev–Trinajstić information content (AvgIpc) is 2.64. The van der Waals surface area contributed by atoms with Crippen LogP contribution in [0.25, 0.3) is 0 Å². The van der Waals surface area contributed by atoms with Crippen LogP contribution in [0.3, 0.4) is 0 Å². The molecule has 1 aromatic heterocycles. The molecular formula is C20H23N3O. The summed E-state index contributed by atoms with van der Waals surface area (Å²) in [6.07, 6.45) is 9.51. The number of aromatic nitrogens is 1. The zero-order valence-electron chi connectivity index (χ0n) is 13.9. The molecule has 2 amide bonds. The van der Waals surface area contributed by atoms with Gasteiger partial charge in [-0.05, 0) is 66.0 Å². The van der Waals surface area contributed by atoms with E-state index in [1.807, 2.05) is 17.0 Å². The van der Waals surface area contributed by atoms with Crippen molar-refractivity contribution in [2.24, 2.45) is 0 Å². The Bertz CT molecular complexity index is 742. The molecule has 0 bridgehead atoms. The molecule has 4 heteroatoms. The van der Waals surface area contributed by atoms with Crippen molar-refractivity contribution in [3.63, 3.8) is 0 Å². The number of rotatable bonds is 2. The smallest absolute Gasteiger partial charge is 0.317 e. The van der Waals surface area contributed by atoms with Crippen LogP contribution in [0.2, 0.25) is 0 Å². The highest BCUT2D eigenvalue weighted by atomic mass is 16.2. The molecule has 1 aliphatic carbocycles. The summed E-state index contributed by atoms with van der Waals surface area (Å²) in [5.74, 6) is 0. The van der Waals surface area contributed by atoms with Gasteiger partial charge < -0.3 is 10.2 Å². The molecule has 124 valence electrons. The number of urea groups is 1. The fourth-order valence-corrected chi connectivity index (χ4v) is 3.77. The Hall–Kier alpha value is -2.36. The van der Waals surface area contributed by atoms with Gasteiger partial charge in [0.15, 0.2) is 0 Å². The number of amides is 2. The van der Waals surface area contributed by atoms with E-state index in [4.69, 9.17) is 0 Å². The second-order valence-corrected chi connectivity index (χ2v) is 6.79. The largest absolute Gasteiger partial charge is 0.334 e. The lowest BCUT2D eigenvalue weighted by atomic mass is 9.86. The molecule has 0 saturated carbocycles. The van der Waals surface area contributed by atoms with Gasteiger partial charge in [0.2, 0.25) is 0 Å². The highest BCUT2D eigenvalue weighted by molar-refractivity contribution is 5.74. The molecule has 0 atom stereocenters. The number of fused-ring (bicyclic) bond motifs is 2. The minimum atomic E-state index is 0.0159. The maximum atomic E-state index is 12.5. The van der Waals surface area contributed by atoms with Crippen molar-refractivity contribution in [2.45, 2.75) is 45.2 Å². The van der Waals surface area contributed by atoms with Gasteiger partial charge in [0, 0.05) is 32.0 Å². The highest BCUT2D eigenvalue weighted by Gasteiger charge is 2.22. The lowest BCUT2D eigenvalue weighted by molar-refractivity contribution is 0.192. The number of nitrogens with zero attached hydrogens (tertiary/aromatic N) is 2. The standard InChI is InChI=1S/C20H23N3O/c24-20(22-13-15-4-3-8-21-12-15)23-9-7-18-10-16-5-1-2-6-17(16)11-19(18)14-23/h3-4,8,10-12H,1-2,5-7,9,13-14H2,(H,22,24). The van der Waals surface area contributed by atoms with Gasteiger partial charge in [-0.2, -0.15) is 0 Å². The summed E-state index contributed by atoms with van der Waals surface area (Å²) in [5, 5.41) is 3.01. The van der Waals surface area contributed by atoms with Crippen LogP contribution in [0.4, 0.5) is 4.79 Å². The molecule has 1 aliphatic heterocycles. The van der Waals surface area contributed by atoms with E-state index in [9.17, 15) is 4.79 Å². The van der Waals surface area contributed by atoms with Gasteiger partial charge in [-0.15, -0.1) is 0 Å². The number of hydrogen-bond acceptors (Lipinski definition) is 2. The molecule has 2 aliphatic rings. The van der Waals surface area contributed by atoms with Crippen molar-refractivity contribution < 1.29 is 4.79 Å². The molecule has 1 N–H and O–H groups in total. The molecule has 0 unspecified atom stereocenters. The van der Waals surface area contributed by atoms with Crippen molar-refractivity contribution >= 4 is 6.03 Å². The van der Waals surface area contributed by atoms with Gasteiger partial charge in [0.05, 0.1) is 0 Å². The summed E-state index contributed by atoms with van der Waals surface area (Å²) in [7, 11) is 0. The molecule has 1 aromatic carbocycles. The zero-order valence-corrected chi connectivity index (χ0v) is 13.9. The van der Waals surface area contributed by atoms with Crippen LogP contribution in [-0.4, -0.2) is 22.5 Å². The van der Waals surface area contributed by atoms with E-state index in [0.717, 1.165) is 25.1 Å². The van der Waals surface area contributed by atoms with E-state index in [2.05, 4.69) is 22.4 Å². The normalized spacial score (nSPS) is 16.2. The van der Waals surface area contributed by atoms with Gasteiger partial charge in [-0.3, -0.25) is 4.98 Å². The third-order valence-corrected chi connectivity index (χ3v) is 5.13. The molecule has 4 rings (SSSR count). The maximum absolute atomic E-state index is 12.5. The third kappa shape index (κ3) is 3.14. The summed E-state index contributed by atoms with van der Waals surface area (Å²) in [5.41, 5.74) is 6.83. The highest BCUT2D eigenvalue weighted by Crippen LogP contribution is 2.28. The molecule has 0 radical (unpaired) electrons. The van der Waals surface area contributed by atoms with E-state index < -0.39 is 0 Å². The second-order valence-electron chi connectivity index (χ2n) is 6.79. The number of hydrogen-bond donors (Lipinski definition) is 1. The number of carbonyl (C=O) groups is 1. The predicted octanol–water partition coefficient (Wildman–Crippen LogP) is 3.23. The summed E-state index contributed by atoms with van der Waals surface area (Å²) >= 11 is 0. The van der Waals surface area contributed by atoms with E-state index >= 15 is 0 Å². The van der Waals surface area contributed by atoms with Crippen LogP contribution < -0.4 is 5.32 Å². The Morgan fingerprint density at radius 2 is 1.83 bits per heavy atom. The average molecular weight is 321 g/mol. The van der Waals surface area contributed by atoms with Gasteiger partial charge in [-0.1, -0.05) is 18.2 Å². The van der Waals surface area contributed by atoms with Crippen molar-refractivity contribution in [3.05, 3.63) is 64.5 Å². The summed E-state index contributed by atoms with van der Waals surface area (Å²) < 4.78 is 0. The summed E-state index contributed by atoms with van der Waals surface area (Å²) in [6.45, 7) is 2.05. The summed E-state index contributed by atoms with van der Waals surface area (Å²) in [4.78, 5) is 18.5. The molecule has 4 nitrogen and oxygen atoms in total. The Kier molecular flexibility index (Phi) is 4.20. The first-order valence-electron chi connectivity index (χ1n) is 8.85. The Morgan fingerprint density at radius 3 is 2.58 bits per heavy atom. The van der Waals surface area contributed by atoms with Crippen molar-refractivity contribution in [3.8, 4) is 0 Å². The fraction of sp³-hybridized carbons (Fsp3) is 0.400. The van der Waals surface area contributed by atoms with Gasteiger partial charge in [0.25, 0.3) is 0 Å². The van der Waals surface area contributed by atoms with Crippen LogP contribution in [0.5, 0.6) is 0 Å². The van der Waals surface area contributed by atoms with Gasteiger partial charge >= 0.3 is 6.03 Å². The maximum Gasteiger partial charge on any atom is 0.317 e. The number of nitrogens with one attached hydrogen (secondary N) is 1. The van der Waals surface area contributed by atoms with E-state index in [1.165, 1.54) is 47.9 Å². The Morgan fingerprint density at radius 1 is 1.08 bits per heavy atom. The first kappa shape index (κ1) is 15.2. The van der Waals surface area contributed by atoms with Crippen molar-refractivity contribution in [1.29, 1.82) is 0 Å². The number of pyridine rings is 1. The minimum Gasteiger partial charge on any atom is -0.334 e. The van der Waals surface area contributed by atoms with Crippen molar-refractivity contribution in [2.75, 3.05) is 6.54 Å². The fourth-order valence-electron chi connectivity index (χ4n) is 3.77. The minimum absolute atomic E-state index is 0.0159. The molecule has 0 fully saturated rings.